The molecule has 0 radical (unpaired) electrons. The van der Waals surface area contributed by atoms with Gasteiger partial charge in [0.15, 0.2) is 0 Å². The van der Waals surface area contributed by atoms with Crippen molar-refractivity contribution in [3.63, 3.8) is 0 Å². The van der Waals surface area contributed by atoms with Crippen molar-refractivity contribution in [2.24, 2.45) is 5.41 Å². The first kappa shape index (κ1) is 9.63. The number of rotatable bonds is 3. The minimum Gasteiger partial charge on any atom is -0.366 e. The zero-order chi connectivity index (χ0) is 9.57. The van der Waals surface area contributed by atoms with Gasteiger partial charge >= 0.3 is 0 Å². The summed E-state index contributed by atoms with van der Waals surface area (Å²) in [4.78, 5) is 2.28. The van der Waals surface area contributed by atoms with Gasteiger partial charge in [0.05, 0.1) is 5.54 Å². The van der Waals surface area contributed by atoms with Crippen LogP contribution in [-0.2, 0) is 0 Å². The molecule has 0 amide bonds. The van der Waals surface area contributed by atoms with E-state index in [0.717, 1.165) is 0 Å². The Morgan fingerprint density at radius 1 is 1.50 bits per heavy atom. The molecular weight excluding hydrogens is 146 g/mol. The van der Waals surface area contributed by atoms with Crippen LogP contribution in [0.4, 0.5) is 0 Å². The highest BCUT2D eigenvalue weighted by Gasteiger charge is 2.51. The van der Waals surface area contributed by atoms with Gasteiger partial charge in [0, 0.05) is 12.7 Å². The van der Waals surface area contributed by atoms with Crippen LogP contribution in [0.15, 0.2) is 12.3 Å². The minimum atomic E-state index is 0.291. The maximum atomic E-state index is 4.05. The second kappa shape index (κ2) is 2.51. The van der Waals surface area contributed by atoms with Crippen LogP contribution >= 0.6 is 0 Å². The fraction of sp³-hybridized carbons (Fsp3) is 0.818. The Balaban J connectivity index is 2.59. The van der Waals surface area contributed by atoms with Crippen LogP contribution in [0.5, 0.6) is 0 Å². The highest BCUT2D eigenvalue weighted by molar-refractivity contribution is 5.32. The molecule has 0 spiro atoms. The average Bonchev–Trinajstić information content (AvgIpc) is 2.40. The summed E-state index contributed by atoms with van der Waals surface area (Å²) in [7, 11) is 2.13. The van der Waals surface area contributed by atoms with Crippen LogP contribution in [0.2, 0.25) is 0 Å². The molecule has 1 unspecified atom stereocenters. The number of hydrogen-bond donors (Lipinski definition) is 0. The lowest BCUT2D eigenvalue weighted by atomic mass is 9.80. The first-order valence-corrected chi connectivity index (χ1v) is 4.77. The molecule has 0 aliphatic carbocycles. The zero-order valence-corrected chi connectivity index (χ0v) is 9.07. The van der Waals surface area contributed by atoms with Crippen molar-refractivity contribution in [3.05, 3.63) is 12.3 Å². The van der Waals surface area contributed by atoms with E-state index in [9.17, 15) is 0 Å². The second-order valence-corrected chi connectivity index (χ2v) is 4.97. The minimum absolute atomic E-state index is 0.291. The van der Waals surface area contributed by atoms with Crippen molar-refractivity contribution in [2.75, 3.05) is 7.05 Å². The van der Waals surface area contributed by atoms with Gasteiger partial charge in [0.2, 0.25) is 0 Å². The van der Waals surface area contributed by atoms with E-state index in [1.54, 1.807) is 0 Å². The molecule has 12 heavy (non-hydrogen) atoms. The maximum Gasteiger partial charge on any atom is 0.0766 e. The summed E-state index contributed by atoms with van der Waals surface area (Å²) >= 11 is 0. The summed E-state index contributed by atoms with van der Waals surface area (Å²) in [6.07, 6.45) is 2.47. The van der Waals surface area contributed by atoms with Gasteiger partial charge in [-0.15, -0.1) is 0 Å². The van der Waals surface area contributed by atoms with Crippen molar-refractivity contribution < 1.29 is 0 Å². The zero-order valence-electron chi connectivity index (χ0n) is 9.07. The van der Waals surface area contributed by atoms with Crippen molar-refractivity contribution in [2.45, 2.75) is 46.1 Å². The van der Waals surface area contributed by atoms with E-state index >= 15 is 0 Å². The van der Waals surface area contributed by atoms with Crippen molar-refractivity contribution in [1.29, 1.82) is 0 Å². The van der Waals surface area contributed by atoms with Gasteiger partial charge < -0.3 is 4.90 Å². The van der Waals surface area contributed by atoms with Crippen LogP contribution in [0, 0.1) is 5.41 Å². The molecule has 0 aromatic rings. The van der Waals surface area contributed by atoms with E-state index in [2.05, 4.69) is 46.2 Å². The molecule has 1 rings (SSSR count). The summed E-state index contributed by atoms with van der Waals surface area (Å²) < 4.78 is 0. The lowest BCUT2D eigenvalue weighted by Gasteiger charge is -2.26. The van der Waals surface area contributed by atoms with E-state index in [1.807, 2.05) is 0 Å². The molecular formula is C11H21N. The van der Waals surface area contributed by atoms with Gasteiger partial charge in [-0.1, -0.05) is 33.8 Å². The fourth-order valence-corrected chi connectivity index (χ4v) is 1.87. The number of hydrogen-bond acceptors (Lipinski definition) is 1. The molecule has 1 atom stereocenters. The largest absolute Gasteiger partial charge is 0.366 e. The molecule has 0 N–H and O–H groups in total. The molecule has 1 aliphatic rings. The number of likely N-dealkylation sites (N-methyl/N-ethyl adjacent to an activating group) is 1. The molecule has 1 saturated heterocycles. The second-order valence-electron chi connectivity index (χ2n) is 4.97. The molecule has 0 aromatic carbocycles. The van der Waals surface area contributed by atoms with Crippen LogP contribution in [-0.4, -0.2) is 17.5 Å². The molecule has 1 aliphatic heterocycles. The molecule has 1 heteroatoms. The van der Waals surface area contributed by atoms with Gasteiger partial charge in [-0.05, 0) is 18.8 Å². The molecule has 0 bridgehead atoms. The van der Waals surface area contributed by atoms with Crippen LogP contribution < -0.4 is 0 Å². The first-order chi connectivity index (χ1) is 5.33. The van der Waals surface area contributed by atoms with E-state index < -0.39 is 0 Å². The van der Waals surface area contributed by atoms with Gasteiger partial charge in [-0.3, -0.25) is 0 Å². The Bertz CT molecular complexity index is 205. The normalized spacial score (nSPS) is 29.4. The van der Waals surface area contributed by atoms with E-state index in [1.165, 1.54) is 18.5 Å². The predicted molar refractivity (Wildman–Crippen MR) is 54.0 cm³/mol. The smallest absolute Gasteiger partial charge is 0.0766 e. The summed E-state index contributed by atoms with van der Waals surface area (Å²) in [6.45, 7) is 13.3. The Morgan fingerprint density at radius 3 is 2.17 bits per heavy atom. The molecule has 1 fully saturated rings. The van der Waals surface area contributed by atoms with Gasteiger partial charge in [0.1, 0.15) is 0 Å². The third-order valence-electron chi connectivity index (χ3n) is 3.50. The third kappa shape index (κ3) is 1.37. The summed E-state index contributed by atoms with van der Waals surface area (Å²) in [5.41, 5.74) is 2.03. The number of nitrogens with zero attached hydrogens (tertiary/aromatic N) is 1. The Morgan fingerprint density at radius 2 is 1.92 bits per heavy atom. The Hall–Kier alpha value is -0.460. The monoisotopic (exact) mass is 167 g/mol. The Kier molecular flexibility index (Phi) is 2.02. The van der Waals surface area contributed by atoms with E-state index in [0.29, 0.717) is 11.0 Å². The highest BCUT2D eigenvalue weighted by Crippen LogP contribution is 2.49. The van der Waals surface area contributed by atoms with Crippen LogP contribution in [0.3, 0.4) is 0 Å². The lowest BCUT2D eigenvalue weighted by Crippen LogP contribution is -2.22. The Labute approximate surface area is 76.5 Å². The van der Waals surface area contributed by atoms with Gasteiger partial charge in [-0.25, -0.2) is 0 Å². The molecule has 70 valence electrons. The van der Waals surface area contributed by atoms with E-state index in [-0.39, 0.29) is 0 Å². The quantitative estimate of drug-likeness (QED) is 0.584. The van der Waals surface area contributed by atoms with Crippen LogP contribution in [0.25, 0.3) is 0 Å². The van der Waals surface area contributed by atoms with Gasteiger partial charge in [0.25, 0.3) is 0 Å². The average molecular weight is 167 g/mol. The van der Waals surface area contributed by atoms with Gasteiger partial charge in [-0.2, -0.15) is 0 Å². The fourth-order valence-electron chi connectivity index (χ4n) is 1.87. The molecule has 1 nitrogen and oxygen atoms in total. The maximum absolute atomic E-state index is 4.05. The van der Waals surface area contributed by atoms with Crippen LogP contribution in [0.1, 0.15) is 40.5 Å². The summed E-state index contributed by atoms with van der Waals surface area (Å²) in [5.74, 6) is 0. The van der Waals surface area contributed by atoms with Crippen molar-refractivity contribution >= 4 is 0 Å². The summed E-state index contributed by atoms with van der Waals surface area (Å²) in [6, 6.07) is 0. The first-order valence-electron chi connectivity index (χ1n) is 4.77. The summed E-state index contributed by atoms with van der Waals surface area (Å²) in [5, 5.41) is 0. The highest BCUT2D eigenvalue weighted by atomic mass is 15.3. The SMILES string of the molecule is C=C1N(C)C1(C)CC(C)(C)CC. The lowest BCUT2D eigenvalue weighted by molar-refractivity contribution is 0.262. The van der Waals surface area contributed by atoms with E-state index in [4.69, 9.17) is 0 Å². The molecule has 1 heterocycles. The van der Waals surface area contributed by atoms with Crippen molar-refractivity contribution in [1.82, 2.24) is 4.90 Å². The third-order valence-corrected chi connectivity index (χ3v) is 3.50. The molecule has 0 aromatic heterocycles. The topological polar surface area (TPSA) is 3.01 Å². The van der Waals surface area contributed by atoms with Crippen molar-refractivity contribution in [3.8, 4) is 0 Å². The standard InChI is InChI=1S/C11H21N/c1-7-10(3,4)8-11(5)9(2)12(11)6/h2,7-8H2,1,3-6H3. The molecule has 0 saturated carbocycles. The predicted octanol–water partition coefficient (Wildman–Crippen LogP) is 3.03.